The molecule has 2 unspecified atom stereocenters. The van der Waals surface area contributed by atoms with Gasteiger partial charge in [0.25, 0.3) is 0 Å². The Hall–Kier alpha value is -0.540. The minimum Gasteiger partial charge on any atom is -0.365 e. The van der Waals surface area contributed by atoms with Crippen LogP contribution in [0.1, 0.15) is 32.8 Å². The van der Waals surface area contributed by atoms with E-state index in [4.69, 9.17) is 0 Å². The smallest absolute Gasteiger partial charge is 0.0412 e. The van der Waals surface area contributed by atoms with Crippen LogP contribution in [0.3, 0.4) is 0 Å². The standard InChI is InChI=1S/C16H25BrN2/c1-5-14-9-18-15(11(2)3)10-19(14)16-7-6-13(17)8-12(16)4/h6-8,11,14-15,18H,5,9-10H2,1-4H3. The number of nitrogens with one attached hydrogen (secondary N) is 1. The molecule has 2 nitrogen and oxygen atoms in total. The molecular formula is C16H25BrN2. The van der Waals surface area contributed by atoms with Crippen LogP contribution in [0.2, 0.25) is 0 Å². The van der Waals surface area contributed by atoms with Crippen LogP contribution in [0.25, 0.3) is 0 Å². The Morgan fingerprint density at radius 1 is 1.42 bits per heavy atom. The molecule has 0 amide bonds. The number of hydrogen-bond acceptors (Lipinski definition) is 2. The van der Waals surface area contributed by atoms with Crippen molar-refractivity contribution in [2.45, 2.75) is 46.2 Å². The lowest BCUT2D eigenvalue weighted by atomic mass is 9.97. The fourth-order valence-electron chi connectivity index (χ4n) is 2.87. The molecule has 0 saturated carbocycles. The van der Waals surface area contributed by atoms with Gasteiger partial charge in [-0.15, -0.1) is 0 Å². The fourth-order valence-corrected chi connectivity index (χ4v) is 3.35. The molecule has 0 radical (unpaired) electrons. The second-order valence-corrected chi connectivity index (χ2v) is 6.82. The summed E-state index contributed by atoms with van der Waals surface area (Å²) in [5.41, 5.74) is 2.75. The Balaban J connectivity index is 2.27. The number of hydrogen-bond donors (Lipinski definition) is 1. The summed E-state index contributed by atoms with van der Waals surface area (Å²) in [5.74, 6) is 0.677. The zero-order chi connectivity index (χ0) is 14.0. The van der Waals surface area contributed by atoms with Crippen molar-refractivity contribution in [1.82, 2.24) is 5.32 Å². The van der Waals surface area contributed by atoms with Crippen molar-refractivity contribution in [1.29, 1.82) is 0 Å². The average Bonchev–Trinajstić information content (AvgIpc) is 2.38. The highest BCUT2D eigenvalue weighted by Gasteiger charge is 2.29. The second kappa shape index (κ2) is 6.27. The number of nitrogens with zero attached hydrogens (tertiary/aromatic N) is 1. The first-order valence-electron chi connectivity index (χ1n) is 7.29. The molecule has 1 aromatic carbocycles. The Kier molecular flexibility index (Phi) is 4.91. The summed E-state index contributed by atoms with van der Waals surface area (Å²) in [4.78, 5) is 2.60. The zero-order valence-electron chi connectivity index (χ0n) is 12.4. The SMILES string of the molecule is CCC1CNC(C(C)C)CN1c1ccc(Br)cc1C. The average molecular weight is 325 g/mol. The van der Waals surface area contributed by atoms with Crippen LogP contribution in [-0.2, 0) is 0 Å². The second-order valence-electron chi connectivity index (χ2n) is 5.90. The van der Waals surface area contributed by atoms with E-state index in [1.807, 2.05) is 0 Å². The van der Waals surface area contributed by atoms with Crippen LogP contribution < -0.4 is 10.2 Å². The van der Waals surface area contributed by atoms with Crippen molar-refractivity contribution in [2.75, 3.05) is 18.0 Å². The van der Waals surface area contributed by atoms with E-state index in [1.165, 1.54) is 17.7 Å². The molecule has 1 saturated heterocycles. The Morgan fingerprint density at radius 3 is 2.74 bits per heavy atom. The number of benzene rings is 1. The summed E-state index contributed by atoms with van der Waals surface area (Å²) in [5, 5.41) is 3.70. The van der Waals surface area contributed by atoms with Crippen LogP contribution in [0.5, 0.6) is 0 Å². The van der Waals surface area contributed by atoms with Gasteiger partial charge in [0.1, 0.15) is 0 Å². The molecule has 0 aliphatic carbocycles. The van der Waals surface area contributed by atoms with Crippen molar-refractivity contribution in [3.63, 3.8) is 0 Å². The van der Waals surface area contributed by atoms with Crippen LogP contribution in [-0.4, -0.2) is 25.2 Å². The minimum atomic E-state index is 0.589. The minimum absolute atomic E-state index is 0.589. The van der Waals surface area contributed by atoms with Gasteiger partial charge in [-0.25, -0.2) is 0 Å². The van der Waals surface area contributed by atoms with Crippen LogP contribution >= 0.6 is 15.9 Å². The van der Waals surface area contributed by atoms with E-state index in [9.17, 15) is 0 Å². The van der Waals surface area contributed by atoms with E-state index >= 15 is 0 Å². The van der Waals surface area contributed by atoms with Gasteiger partial charge in [0, 0.05) is 35.3 Å². The van der Waals surface area contributed by atoms with Gasteiger partial charge in [-0.1, -0.05) is 36.7 Å². The molecule has 0 spiro atoms. The van der Waals surface area contributed by atoms with Gasteiger partial charge in [0.2, 0.25) is 0 Å². The third-order valence-corrected chi connectivity index (χ3v) is 4.69. The van der Waals surface area contributed by atoms with Crippen molar-refractivity contribution >= 4 is 21.6 Å². The number of piperazine rings is 1. The van der Waals surface area contributed by atoms with Crippen molar-refractivity contribution in [2.24, 2.45) is 5.92 Å². The Labute approximate surface area is 125 Å². The first-order valence-corrected chi connectivity index (χ1v) is 8.08. The summed E-state index contributed by atoms with van der Waals surface area (Å²) in [6, 6.07) is 7.82. The van der Waals surface area contributed by atoms with Gasteiger partial charge < -0.3 is 10.2 Å². The lowest BCUT2D eigenvalue weighted by Gasteiger charge is -2.43. The lowest BCUT2D eigenvalue weighted by molar-refractivity contribution is 0.325. The summed E-state index contributed by atoms with van der Waals surface area (Å²) < 4.78 is 1.16. The van der Waals surface area contributed by atoms with Gasteiger partial charge in [0.05, 0.1) is 0 Å². The number of anilines is 1. The topological polar surface area (TPSA) is 15.3 Å². The van der Waals surface area contributed by atoms with E-state index in [2.05, 4.69) is 72.0 Å². The van der Waals surface area contributed by atoms with E-state index < -0.39 is 0 Å². The van der Waals surface area contributed by atoms with Gasteiger partial charge in [0.15, 0.2) is 0 Å². The zero-order valence-corrected chi connectivity index (χ0v) is 14.0. The maximum Gasteiger partial charge on any atom is 0.0412 e. The van der Waals surface area contributed by atoms with Crippen molar-refractivity contribution in [3.8, 4) is 0 Å². The molecule has 2 atom stereocenters. The summed E-state index contributed by atoms with van der Waals surface area (Å²) in [6.45, 7) is 11.3. The maximum absolute atomic E-state index is 3.70. The predicted molar refractivity (Wildman–Crippen MR) is 86.9 cm³/mol. The normalized spacial score (nSPS) is 24.0. The molecule has 1 fully saturated rings. The molecule has 0 aromatic heterocycles. The molecule has 19 heavy (non-hydrogen) atoms. The van der Waals surface area contributed by atoms with E-state index in [-0.39, 0.29) is 0 Å². The van der Waals surface area contributed by atoms with Crippen LogP contribution in [0.15, 0.2) is 22.7 Å². The van der Waals surface area contributed by atoms with Crippen molar-refractivity contribution in [3.05, 3.63) is 28.2 Å². The molecule has 2 rings (SSSR count). The third kappa shape index (κ3) is 3.32. The molecule has 1 heterocycles. The maximum atomic E-state index is 3.70. The predicted octanol–water partition coefficient (Wildman–Crippen LogP) is 3.97. The highest BCUT2D eigenvalue weighted by Crippen LogP contribution is 2.28. The number of aryl methyl sites for hydroxylation is 1. The Morgan fingerprint density at radius 2 is 2.16 bits per heavy atom. The van der Waals surface area contributed by atoms with E-state index in [0.717, 1.165) is 17.6 Å². The molecule has 1 aliphatic rings. The molecule has 1 aromatic rings. The van der Waals surface area contributed by atoms with Crippen LogP contribution in [0, 0.1) is 12.8 Å². The highest BCUT2D eigenvalue weighted by atomic mass is 79.9. The number of halogens is 1. The Bertz CT molecular complexity index is 431. The molecule has 0 bridgehead atoms. The molecule has 3 heteroatoms. The summed E-state index contributed by atoms with van der Waals surface area (Å²) in [6.07, 6.45) is 1.19. The lowest BCUT2D eigenvalue weighted by Crippen LogP contribution is -2.58. The highest BCUT2D eigenvalue weighted by molar-refractivity contribution is 9.10. The van der Waals surface area contributed by atoms with Gasteiger partial charge >= 0.3 is 0 Å². The summed E-state index contributed by atoms with van der Waals surface area (Å²) in [7, 11) is 0. The quantitative estimate of drug-likeness (QED) is 0.905. The molecule has 1 aliphatic heterocycles. The van der Waals surface area contributed by atoms with Gasteiger partial charge in [-0.2, -0.15) is 0 Å². The molecular weight excluding hydrogens is 300 g/mol. The molecule has 106 valence electrons. The van der Waals surface area contributed by atoms with E-state index in [0.29, 0.717) is 18.0 Å². The van der Waals surface area contributed by atoms with E-state index in [1.54, 1.807) is 0 Å². The van der Waals surface area contributed by atoms with Crippen molar-refractivity contribution < 1.29 is 0 Å². The monoisotopic (exact) mass is 324 g/mol. The first kappa shape index (κ1) is 14.9. The van der Waals surface area contributed by atoms with Gasteiger partial charge in [-0.05, 0) is 43.0 Å². The number of rotatable bonds is 3. The largest absolute Gasteiger partial charge is 0.365 e. The molecule has 1 N–H and O–H groups in total. The fraction of sp³-hybridized carbons (Fsp3) is 0.625. The van der Waals surface area contributed by atoms with Crippen LogP contribution in [0.4, 0.5) is 5.69 Å². The first-order chi connectivity index (χ1) is 9.02. The third-order valence-electron chi connectivity index (χ3n) is 4.19. The summed E-state index contributed by atoms with van der Waals surface area (Å²) >= 11 is 3.56. The van der Waals surface area contributed by atoms with Gasteiger partial charge in [-0.3, -0.25) is 0 Å².